The zero-order chi connectivity index (χ0) is 16.4. The molecular weight excluding hydrogens is 315 g/mol. The lowest BCUT2D eigenvalue weighted by Gasteiger charge is -2.18. The van der Waals surface area contributed by atoms with E-state index in [0.29, 0.717) is 0 Å². The number of amides is 2. The first-order chi connectivity index (χ1) is 11.1. The molecule has 2 atom stereocenters. The molecule has 2 unspecified atom stereocenters. The summed E-state index contributed by atoms with van der Waals surface area (Å²) >= 11 is 1.57. The average molecular weight is 332 g/mol. The number of carbonyl (C=O) groups is 2. The number of halogens is 1. The van der Waals surface area contributed by atoms with Gasteiger partial charge in [0.25, 0.3) is 0 Å². The van der Waals surface area contributed by atoms with Crippen LogP contribution in [0.4, 0.5) is 10.1 Å². The van der Waals surface area contributed by atoms with Gasteiger partial charge in [0.2, 0.25) is 11.8 Å². The molecule has 0 bridgehead atoms. The Morgan fingerprint density at radius 1 is 1.35 bits per heavy atom. The maximum absolute atomic E-state index is 13.8. The average Bonchev–Trinajstić information content (AvgIpc) is 3.17. The van der Waals surface area contributed by atoms with Gasteiger partial charge in [-0.1, -0.05) is 18.2 Å². The summed E-state index contributed by atoms with van der Waals surface area (Å²) in [5.74, 6) is -1.30. The van der Waals surface area contributed by atoms with E-state index in [1.165, 1.54) is 11.0 Å². The lowest BCUT2D eigenvalue weighted by atomic mass is 10.1. The largest absolute Gasteiger partial charge is 0.348 e. The number of carbonyl (C=O) groups excluding carboxylic acids is 2. The third kappa shape index (κ3) is 3.27. The summed E-state index contributed by atoms with van der Waals surface area (Å²) in [4.78, 5) is 26.9. The van der Waals surface area contributed by atoms with Crippen LogP contribution in [0, 0.1) is 11.7 Å². The topological polar surface area (TPSA) is 49.4 Å². The summed E-state index contributed by atoms with van der Waals surface area (Å²) in [6.45, 7) is 2.12. The third-order valence-electron chi connectivity index (χ3n) is 3.97. The van der Waals surface area contributed by atoms with Crippen molar-refractivity contribution in [1.82, 2.24) is 5.32 Å². The standard InChI is InChI=1S/C17H17FN2O2S/c1-11(15-7-4-8-23-15)19-17(22)12-9-16(21)20(10-12)14-6-3-2-5-13(14)18/h2-8,11-12H,9-10H2,1H3,(H,19,22). The van der Waals surface area contributed by atoms with Crippen LogP contribution in [0.2, 0.25) is 0 Å². The molecule has 6 heteroatoms. The van der Waals surface area contributed by atoms with E-state index in [9.17, 15) is 14.0 Å². The van der Waals surface area contributed by atoms with Crippen LogP contribution in [-0.4, -0.2) is 18.4 Å². The SMILES string of the molecule is CC(NC(=O)C1CC(=O)N(c2ccccc2F)C1)c1cccs1. The Bertz CT molecular complexity index is 717. The van der Waals surface area contributed by atoms with Crippen LogP contribution in [0.1, 0.15) is 24.3 Å². The predicted molar refractivity (Wildman–Crippen MR) is 87.7 cm³/mol. The van der Waals surface area contributed by atoms with E-state index in [2.05, 4.69) is 5.32 Å². The van der Waals surface area contributed by atoms with E-state index < -0.39 is 11.7 Å². The Morgan fingerprint density at radius 2 is 2.13 bits per heavy atom. The normalized spacial score (nSPS) is 19.0. The van der Waals surface area contributed by atoms with Gasteiger partial charge < -0.3 is 10.2 Å². The smallest absolute Gasteiger partial charge is 0.227 e. The fourth-order valence-corrected chi connectivity index (χ4v) is 3.46. The minimum Gasteiger partial charge on any atom is -0.348 e. The number of nitrogens with one attached hydrogen (secondary N) is 1. The first-order valence-corrected chi connectivity index (χ1v) is 8.33. The molecule has 0 spiro atoms. The number of thiophene rings is 1. The van der Waals surface area contributed by atoms with Gasteiger partial charge in [0.05, 0.1) is 17.6 Å². The van der Waals surface area contributed by atoms with Gasteiger partial charge in [-0.05, 0) is 30.5 Å². The summed E-state index contributed by atoms with van der Waals surface area (Å²) in [5, 5.41) is 4.89. The van der Waals surface area contributed by atoms with Crippen LogP contribution in [0.15, 0.2) is 41.8 Å². The van der Waals surface area contributed by atoms with E-state index >= 15 is 0 Å². The van der Waals surface area contributed by atoms with Gasteiger partial charge in [0.1, 0.15) is 5.82 Å². The molecule has 120 valence electrons. The Balaban J connectivity index is 1.67. The van der Waals surface area contributed by atoms with Gasteiger partial charge >= 0.3 is 0 Å². The summed E-state index contributed by atoms with van der Waals surface area (Å²) in [7, 11) is 0. The van der Waals surface area contributed by atoms with Crippen molar-refractivity contribution in [3.05, 3.63) is 52.5 Å². The second-order valence-corrected chi connectivity index (χ2v) is 6.58. The van der Waals surface area contributed by atoms with Crippen LogP contribution in [0.25, 0.3) is 0 Å². The molecule has 1 aliphatic rings. The molecule has 2 heterocycles. The van der Waals surface area contributed by atoms with Gasteiger partial charge in [-0.2, -0.15) is 0 Å². The summed E-state index contributed by atoms with van der Waals surface area (Å²) in [6.07, 6.45) is 0.108. The van der Waals surface area contributed by atoms with Gasteiger partial charge in [-0.3, -0.25) is 9.59 Å². The molecule has 1 saturated heterocycles. The van der Waals surface area contributed by atoms with Crippen molar-refractivity contribution in [3.8, 4) is 0 Å². The number of nitrogens with zero attached hydrogens (tertiary/aromatic N) is 1. The lowest BCUT2D eigenvalue weighted by Crippen LogP contribution is -2.34. The Morgan fingerprint density at radius 3 is 2.83 bits per heavy atom. The quantitative estimate of drug-likeness (QED) is 0.935. The molecule has 1 aromatic heterocycles. The Labute approximate surface area is 137 Å². The zero-order valence-electron chi connectivity index (χ0n) is 12.7. The predicted octanol–water partition coefficient (Wildman–Crippen LogP) is 3.12. The van der Waals surface area contributed by atoms with E-state index in [1.807, 2.05) is 24.4 Å². The van der Waals surface area contributed by atoms with Gasteiger partial charge in [-0.25, -0.2) is 4.39 Å². The highest BCUT2D eigenvalue weighted by Crippen LogP contribution is 2.28. The molecule has 0 aliphatic carbocycles. The van der Waals surface area contributed by atoms with Gasteiger partial charge in [-0.15, -0.1) is 11.3 Å². The number of hydrogen-bond donors (Lipinski definition) is 1. The molecule has 1 fully saturated rings. The van der Waals surface area contributed by atoms with E-state index in [4.69, 9.17) is 0 Å². The van der Waals surface area contributed by atoms with Crippen molar-refractivity contribution < 1.29 is 14.0 Å². The van der Waals surface area contributed by atoms with Crippen molar-refractivity contribution in [2.75, 3.05) is 11.4 Å². The van der Waals surface area contributed by atoms with Crippen molar-refractivity contribution in [2.24, 2.45) is 5.92 Å². The highest BCUT2D eigenvalue weighted by Gasteiger charge is 2.36. The van der Waals surface area contributed by atoms with Crippen molar-refractivity contribution >= 4 is 28.8 Å². The van der Waals surface area contributed by atoms with Gasteiger partial charge in [0, 0.05) is 17.8 Å². The van der Waals surface area contributed by atoms with Crippen LogP contribution >= 0.6 is 11.3 Å². The first kappa shape index (κ1) is 15.7. The van der Waals surface area contributed by atoms with E-state index in [0.717, 1.165) is 4.88 Å². The monoisotopic (exact) mass is 332 g/mol. The number of anilines is 1. The highest BCUT2D eigenvalue weighted by atomic mass is 32.1. The molecular formula is C17H17FN2O2S. The maximum Gasteiger partial charge on any atom is 0.227 e. The van der Waals surface area contributed by atoms with Crippen molar-refractivity contribution in [1.29, 1.82) is 0 Å². The number of rotatable bonds is 4. The van der Waals surface area contributed by atoms with E-state index in [1.54, 1.807) is 29.5 Å². The number of para-hydroxylation sites is 1. The molecule has 4 nitrogen and oxygen atoms in total. The van der Waals surface area contributed by atoms with Crippen LogP contribution in [-0.2, 0) is 9.59 Å². The summed E-state index contributed by atoms with van der Waals surface area (Å²) in [5.41, 5.74) is 0.235. The molecule has 3 rings (SSSR count). The molecule has 0 radical (unpaired) electrons. The minimum absolute atomic E-state index is 0.0971. The van der Waals surface area contributed by atoms with Crippen LogP contribution < -0.4 is 10.2 Å². The molecule has 1 aromatic carbocycles. The highest BCUT2D eigenvalue weighted by molar-refractivity contribution is 7.10. The fraction of sp³-hybridized carbons (Fsp3) is 0.294. The molecule has 1 aliphatic heterocycles. The Hall–Kier alpha value is -2.21. The molecule has 0 saturated carbocycles. The van der Waals surface area contributed by atoms with E-state index in [-0.39, 0.29) is 36.5 Å². The molecule has 23 heavy (non-hydrogen) atoms. The fourth-order valence-electron chi connectivity index (χ4n) is 2.73. The molecule has 2 aromatic rings. The Kier molecular flexibility index (Phi) is 4.43. The van der Waals surface area contributed by atoms with Crippen LogP contribution in [0.5, 0.6) is 0 Å². The third-order valence-corrected chi connectivity index (χ3v) is 5.02. The van der Waals surface area contributed by atoms with Crippen molar-refractivity contribution in [3.63, 3.8) is 0 Å². The van der Waals surface area contributed by atoms with Crippen molar-refractivity contribution in [2.45, 2.75) is 19.4 Å². The second kappa shape index (κ2) is 6.50. The molecule has 2 amide bonds. The zero-order valence-corrected chi connectivity index (χ0v) is 13.5. The maximum atomic E-state index is 13.8. The minimum atomic E-state index is -0.454. The molecule has 1 N–H and O–H groups in total. The lowest BCUT2D eigenvalue weighted by molar-refractivity contribution is -0.126. The number of hydrogen-bond acceptors (Lipinski definition) is 3. The van der Waals surface area contributed by atoms with Gasteiger partial charge in [0.15, 0.2) is 0 Å². The number of benzene rings is 1. The first-order valence-electron chi connectivity index (χ1n) is 7.45. The summed E-state index contributed by atoms with van der Waals surface area (Å²) < 4.78 is 13.8. The van der Waals surface area contributed by atoms with Crippen LogP contribution in [0.3, 0.4) is 0 Å². The summed E-state index contributed by atoms with van der Waals surface area (Å²) in [6, 6.07) is 9.92. The second-order valence-electron chi connectivity index (χ2n) is 5.60.